The topological polar surface area (TPSA) is 115 Å². The van der Waals surface area contributed by atoms with Crippen molar-refractivity contribution in [3.05, 3.63) is 96.6 Å². The first-order valence-electron chi connectivity index (χ1n) is 10.6. The summed E-state index contributed by atoms with van der Waals surface area (Å²) in [6.45, 7) is 3.85. The second-order valence-corrected chi connectivity index (χ2v) is 8.96. The summed E-state index contributed by atoms with van der Waals surface area (Å²) in [6.07, 6.45) is 0. The summed E-state index contributed by atoms with van der Waals surface area (Å²) in [5.74, 6) is -0.250. The molecule has 2 heterocycles. The number of carboxylic acids is 1. The van der Waals surface area contributed by atoms with Gasteiger partial charge in [-0.3, -0.25) is 13.9 Å². The van der Waals surface area contributed by atoms with Crippen molar-refractivity contribution in [2.75, 3.05) is 5.32 Å². The minimum Gasteiger partial charge on any atom is -0.477 e. The number of anilines is 2. The highest BCUT2D eigenvalue weighted by atomic mass is 35.5. The maximum Gasteiger partial charge on any atom is 0.347 e. The van der Waals surface area contributed by atoms with Crippen molar-refractivity contribution < 1.29 is 14.6 Å². The molecule has 0 aliphatic heterocycles. The van der Waals surface area contributed by atoms with Crippen molar-refractivity contribution in [3.8, 4) is 10.9 Å². The van der Waals surface area contributed by atoms with Crippen LogP contribution in [0.3, 0.4) is 0 Å². The molecule has 4 aromatic rings. The van der Waals surface area contributed by atoms with Gasteiger partial charge in [-0.15, -0.1) is 0 Å². The number of carboxylic acid groups (broad SMARTS) is 1. The molecule has 2 aromatic heterocycles. The first-order chi connectivity index (χ1) is 16.7. The molecule has 0 aliphatic carbocycles. The van der Waals surface area contributed by atoms with Crippen molar-refractivity contribution in [3.63, 3.8) is 0 Å². The Balaban J connectivity index is 1.60. The molecule has 0 aliphatic rings. The Morgan fingerprint density at radius 2 is 1.80 bits per heavy atom. The largest absolute Gasteiger partial charge is 0.477 e. The number of nitrogens with one attached hydrogen (secondary N) is 1. The molecule has 2 aromatic carbocycles. The number of hydrogen-bond acceptors (Lipinski definition) is 7. The molecule has 0 saturated heterocycles. The van der Waals surface area contributed by atoms with E-state index < -0.39 is 17.2 Å². The zero-order valence-corrected chi connectivity index (χ0v) is 20.4. The minimum atomic E-state index is -1.05. The number of nitrogens with zero attached hydrogens (tertiary/aromatic N) is 3. The number of ether oxygens (including phenoxy) is 1. The van der Waals surface area contributed by atoms with Crippen LogP contribution in [-0.4, -0.2) is 25.2 Å². The van der Waals surface area contributed by atoms with E-state index in [9.17, 15) is 19.5 Å². The highest BCUT2D eigenvalue weighted by molar-refractivity contribution is 7.15. The van der Waals surface area contributed by atoms with Crippen LogP contribution in [0.4, 0.5) is 11.5 Å². The van der Waals surface area contributed by atoms with Crippen LogP contribution < -0.4 is 21.3 Å². The van der Waals surface area contributed by atoms with Gasteiger partial charge in [0.15, 0.2) is 0 Å². The molecule has 11 heteroatoms. The van der Waals surface area contributed by atoms with E-state index in [0.717, 1.165) is 16.9 Å². The highest BCUT2D eigenvalue weighted by Gasteiger charge is 2.16. The summed E-state index contributed by atoms with van der Waals surface area (Å²) < 4.78 is 8.33. The van der Waals surface area contributed by atoms with Crippen molar-refractivity contribution in [2.24, 2.45) is 0 Å². The molecule has 0 saturated carbocycles. The van der Waals surface area contributed by atoms with E-state index in [1.807, 2.05) is 12.1 Å². The van der Waals surface area contributed by atoms with Gasteiger partial charge in [0.25, 0.3) is 10.8 Å². The average molecular weight is 513 g/mol. The normalized spacial score (nSPS) is 10.8. The van der Waals surface area contributed by atoms with Crippen LogP contribution in [0.1, 0.15) is 27.9 Å². The summed E-state index contributed by atoms with van der Waals surface area (Å²) in [4.78, 5) is 41.0. The predicted molar refractivity (Wildman–Crippen MR) is 135 cm³/mol. The Bertz CT molecular complexity index is 1490. The van der Waals surface area contributed by atoms with E-state index in [-0.39, 0.29) is 23.2 Å². The van der Waals surface area contributed by atoms with Gasteiger partial charge in [0.1, 0.15) is 16.4 Å². The number of halogens is 1. The quantitative estimate of drug-likeness (QED) is 0.350. The lowest BCUT2D eigenvalue weighted by Crippen LogP contribution is -2.40. The van der Waals surface area contributed by atoms with Crippen LogP contribution >= 0.6 is 22.9 Å². The number of aryl methyl sites for hydroxylation is 1. The summed E-state index contributed by atoms with van der Waals surface area (Å²) in [7, 11) is 0. The molecule has 9 nitrogen and oxygen atoms in total. The third-order valence-corrected chi connectivity index (χ3v) is 6.43. The van der Waals surface area contributed by atoms with Crippen LogP contribution in [0.25, 0.3) is 0 Å². The van der Waals surface area contributed by atoms with Crippen molar-refractivity contribution in [1.29, 1.82) is 0 Å². The van der Waals surface area contributed by atoms with Gasteiger partial charge >= 0.3 is 11.7 Å². The van der Waals surface area contributed by atoms with Gasteiger partial charge in [0.2, 0.25) is 0 Å². The second kappa shape index (κ2) is 10.2. The molecule has 0 fully saturated rings. The third kappa shape index (κ3) is 5.44. The highest BCUT2D eigenvalue weighted by Crippen LogP contribution is 2.30. The predicted octanol–water partition coefficient (Wildman–Crippen LogP) is 4.73. The molecule has 0 bridgehead atoms. The lowest BCUT2D eigenvalue weighted by molar-refractivity contribution is 0.0701. The third-order valence-electron chi connectivity index (χ3n) is 5.15. The van der Waals surface area contributed by atoms with E-state index in [2.05, 4.69) is 10.3 Å². The van der Waals surface area contributed by atoms with E-state index in [0.29, 0.717) is 28.0 Å². The fraction of sp³-hybridized carbons (Fsp3) is 0.167. The van der Waals surface area contributed by atoms with E-state index in [4.69, 9.17) is 16.3 Å². The number of rotatable bonds is 8. The number of aromatic nitrogens is 3. The maximum absolute atomic E-state index is 13.0. The van der Waals surface area contributed by atoms with Crippen LogP contribution in [-0.2, 0) is 13.1 Å². The van der Waals surface area contributed by atoms with Crippen LogP contribution in [0.15, 0.2) is 64.2 Å². The van der Waals surface area contributed by atoms with Gasteiger partial charge in [-0.2, -0.15) is 0 Å². The summed E-state index contributed by atoms with van der Waals surface area (Å²) in [5.41, 5.74) is 1.03. The molecule has 0 unspecified atom stereocenters. The van der Waals surface area contributed by atoms with Gasteiger partial charge in [-0.25, -0.2) is 14.6 Å². The van der Waals surface area contributed by atoms with Crippen LogP contribution in [0, 0.1) is 6.92 Å². The Kier molecular flexibility index (Phi) is 7.04. The molecule has 0 amide bonds. The monoisotopic (exact) mass is 512 g/mol. The molecule has 35 heavy (non-hydrogen) atoms. The van der Waals surface area contributed by atoms with Gasteiger partial charge in [-0.05, 0) is 55.8 Å². The van der Waals surface area contributed by atoms with E-state index >= 15 is 0 Å². The zero-order chi connectivity index (χ0) is 25.1. The maximum atomic E-state index is 13.0. The number of aromatic carboxylic acids is 1. The molecule has 2 N–H and O–H groups in total. The fourth-order valence-electron chi connectivity index (χ4n) is 3.40. The van der Waals surface area contributed by atoms with Gasteiger partial charge < -0.3 is 15.2 Å². The Hall–Kier alpha value is -3.89. The minimum absolute atomic E-state index is 0.124. The van der Waals surface area contributed by atoms with Gasteiger partial charge in [-0.1, -0.05) is 35.1 Å². The van der Waals surface area contributed by atoms with Gasteiger partial charge in [0, 0.05) is 23.3 Å². The van der Waals surface area contributed by atoms with E-state index in [1.54, 1.807) is 50.2 Å². The summed E-state index contributed by atoms with van der Waals surface area (Å²) >= 11 is 6.92. The van der Waals surface area contributed by atoms with Crippen molar-refractivity contribution in [2.45, 2.75) is 26.9 Å². The van der Waals surface area contributed by atoms with Crippen LogP contribution in [0.2, 0.25) is 5.02 Å². The number of thiazole rings is 1. The standard InChI is InChI=1S/C24H21ClN4O5S/c1-3-28-20(30)12-19(29(24(28)33)13-15-4-6-16(25)7-5-15)27-17-8-10-18(11-9-17)34-23-26-14(2)21(35-23)22(31)32/h4-12,27H,3,13H2,1-2H3,(H,31,32). The first-order valence-corrected chi connectivity index (χ1v) is 11.8. The average Bonchev–Trinajstić information content (AvgIpc) is 3.19. The molecular formula is C24H21ClN4O5S. The second-order valence-electron chi connectivity index (χ2n) is 7.56. The van der Waals surface area contributed by atoms with Crippen LogP contribution in [0.5, 0.6) is 10.9 Å². The Labute approximate surface area is 208 Å². The molecule has 0 radical (unpaired) electrons. The van der Waals surface area contributed by atoms with E-state index in [1.165, 1.54) is 15.2 Å². The Morgan fingerprint density at radius 3 is 2.40 bits per heavy atom. The smallest absolute Gasteiger partial charge is 0.347 e. The molecular weight excluding hydrogens is 492 g/mol. The fourth-order valence-corrected chi connectivity index (χ4v) is 4.31. The SMILES string of the molecule is CCn1c(=O)cc(Nc2ccc(Oc3nc(C)c(C(=O)O)s3)cc2)n(Cc2ccc(Cl)cc2)c1=O. The molecule has 180 valence electrons. The number of carbonyl (C=O) groups is 1. The summed E-state index contributed by atoms with van der Waals surface area (Å²) in [6, 6.07) is 15.3. The van der Waals surface area contributed by atoms with Gasteiger partial charge in [0.05, 0.1) is 12.2 Å². The molecule has 0 spiro atoms. The summed E-state index contributed by atoms with van der Waals surface area (Å²) in [5, 5.41) is 13.1. The lowest BCUT2D eigenvalue weighted by Gasteiger charge is -2.16. The first kappa shape index (κ1) is 24.2. The van der Waals surface area contributed by atoms with Crippen molar-refractivity contribution in [1.82, 2.24) is 14.1 Å². The zero-order valence-electron chi connectivity index (χ0n) is 18.8. The lowest BCUT2D eigenvalue weighted by atomic mass is 10.2. The number of hydrogen-bond donors (Lipinski definition) is 2. The van der Waals surface area contributed by atoms with Crippen molar-refractivity contribution >= 4 is 40.4 Å². The number of benzene rings is 2. The Morgan fingerprint density at radius 1 is 1.11 bits per heavy atom. The molecule has 0 atom stereocenters. The molecule has 4 rings (SSSR count).